The summed E-state index contributed by atoms with van der Waals surface area (Å²) in [4.78, 5) is 27.4. The van der Waals surface area contributed by atoms with Gasteiger partial charge in [-0.2, -0.15) is 0 Å². The second-order valence-corrected chi connectivity index (χ2v) is 8.39. The zero-order valence-corrected chi connectivity index (χ0v) is 19.1. The molecule has 1 saturated heterocycles. The standard InChI is InChI=1S/C26H30N2O5/c1-18-5-3-7-22(19(18)2)27-25(29)17-28(16-21-6-4-12-31-21)26(30)11-9-20-8-10-23-24(15-20)33-14-13-32-23/h3,5,7-11,15,21H,4,6,12-14,16-17H2,1-2H3,(H,27,29)/b11-9+. The van der Waals surface area contributed by atoms with E-state index in [4.69, 9.17) is 14.2 Å². The van der Waals surface area contributed by atoms with Gasteiger partial charge in [-0.15, -0.1) is 0 Å². The summed E-state index contributed by atoms with van der Waals surface area (Å²) < 4.78 is 16.9. The number of ether oxygens (including phenoxy) is 3. The molecule has 2 aliphatic rings. The SMILES string of the molecule is Cc1cccc(NC(=O)CN(CC2CCCO2)C(=O)/C=C/c2ccc3c(c2)OCCO3)c1C. The van der Waals surface area contributed by atoms with E-state index in [2.05, 4.69) is 5.32 Å². The maximum atomic E-state index is 13.0. The number of aryl methyl sites for hydroxylation is 1. The zero-order chi connectivity index (χ0) is 23.2. The lowest BCUT2D eigenvalue weighted by Crippen LogP contribution is -2.41. The molecule has 2 aromatic carbocycles. The van der Waals surface area contributed by atoms with E-state index in [0.29, 0.717) is 37.9 Å². The summed E-state index contributed by atoms with van der Waals surface area (Å²) >= 11 is 0. The summed E-state index contributed by atoms with van der Waals surface area (Å²) in [6.45, 7) is 6.03. The minimum atomic E-state index is -0.239. The van der Waals surface area contributed by atoms with Crippen molar-refractivity contribution in [1.29, 1.82) is 0 Å². The molecule has 1 fully saturated rings. The van der Waals surface area contributed by atoms with E-state index in [1.54, 1.807) is 11.0 Å². The van der Waals surface area contributed by atoms with E-state index < -0.39 is 0 Å². The number of rotatable bonds is 7. The molecule has 0 aliphatic carbocycles. The fourth-order valence-electron chi connectivity index (χ4n) is 3.95. The molecule has 174 valence electrons. The highest BCUT2D eigenvalue weighted by molar-refractivity contribution is 5.98. The van der Waals surface area contributed by atoms with Gasteiger partial charge in [0.15, 0.2) is 11.5 Å². The van der Waals surface area contributed by atoms with Gasteiger partial charge in [0.2, 0.25) is 11.8 Å². The molecule has 2 aromatic rings. The average molecular weight is 451 g/mol. The van der Waals surface area contributed by atoms with Gasteiger partial charge in [-0.05, 0) is 67.7 Å². The van der Waals surface area contributed by atoms with E-state index in [1.807, 2.05) is 50.2 Å². The highest BCUT2D eigenvalue weighted by Gasteiger charge is 2.23. The topological polar surface area (TPSA) is 77.1 Å². The van der Waals surface area contributed by atoms with Crippen LogP contribution in [0, 0.1) is 13.8 Å². The monoisotopic (exact) mass is 450 g/mol. The van der Waals surface area contributed by atoms with Crippen molar-refractivity contribution in [3.05, 3.63) is 59.2 Å². The lowest BCUT2D eigenvalue weighted by atomic mass is 10.1. The summed E-state index contributed by atoms with van der Waals surface area (Å²) in [7, 11) is 0. The Kier molecular flexibility index (Phi) is 7.29. The van der Waals surface area contributed by atoms with Crippen molar-refractivity contribution in [2.24, 2.45) is 0 Å². The Balaban J connectivity index is 1.45. The Labute approximate surface area is 194 Å². The average Bonchev–Trinajstić information content (AvgIpc) is 3.33. The number of nitrogens with one attached hydrogen (secondary N) is 1. The molecule has 7 nitrogen and oxygen atoms in total. The van der Waals surface area contributed by atoms with Crippen LogP contribution in [0.4, 0.5) is 5.69 Å². The van der Waals surface area contributed by atoms with Crippen LogP contribution in [0.2, 0.25) is 0 Å². The summed E-state index contributed by atoms with van der Waals surface area (Å²) in [6.07, 6.45) is 5.02. The quantitative estimate of drug-likeness (QED) is 0.651. The Morgan fingerprint density at radius 1 is 1.09 bits per heavy atom. The van der Waals surface area contributed by atoms with E-state index in [9.17, 15) is 9.59 Å². The minimum absolute atomic E-state index is 0.0441. The van der Waals surface area contributed by atoms with Crippen LogP contribution in [-0.4, -0.2) is 55.7 Å². The molecular formula is C26H30N2O5. The predicted octanol–water partition coefficient (Wildman–Crippen LogP) is 3.73. The molecular weight excluding hydrogens is 420 g/mol. The molecule has 0 spiro atoms. The van der Waals surface area contributed by atoms with Gasteiger partial charge < -0.3 is 24.4 Å². The second kappa shape index (κ2) is 10.5. The van der Waals surface area contributed by atoms with Gasteiger partial charge in [-0.25, -0.2) is 0 Å². The van der Waals surface area contributed by atoms with Crippen molar-refractivity contribution in [3.8, 4) is 11.5 Å². The number of benzene rings is 2. The van der Waals surface area contributed by atoms with Crippen LogP contribution >= 0.6 is 0 Å². The Morgan fingerprint density at radius 3 is 2.70 bits per heavy atom. The third kappa shape index (κ3) is 5.93. The van der Waals surface area contributed by atoms with Crippen molar-refractivity contribution in [2.45, 2.75) is 32.8 Å². The first-order chi connectivity index (χ1) is 16.0. The third-order valence-electron chi connectivity index (χ3n) is 5.96. The molecule has 0 aromatic heterocycles. The van der Waals surface area contributed by atoms with E-state index >= 15 is 0 Å². The molecule has 4 rings (SSSR count). The lowest BCUT2D eigenvalue weighted by Gasteiger charge is -2.24. The number of anilines is 1. The van der Waals surface area contributed by atoms with Crippen molar-refractivity contribution >= 4 is 23.6 Å². The van der Waals surface area contributed by atoms with Crippen LogP contribution in [0.25, 0.3) is 6.08 Å². The van der Waals surface area contributed by atoms with Gasteiger partial charge in [-0.3, -0.25) is 9.59 Å². The molecule has 0 radical (unpaired) electrons. The first-order valence-electron chi connectivity index (χ1n) is 11.3. The maximum absolute atomic E-state index is 13.0. The van der Waals surface area contributed by atoms with Gasteiger partial charge in [-0.1, -0.05) is 18.2 Å². The van der Waals surface area contributed by atoms with Gasteiger partial charge >= 0.3 is 0 Å². The molecule has 1 atom stereocenters. The van der Waals surface area contributed by atoms with Crippen molar-refractivity contribution in [1.82, 2.24) is 4.90 Å². The van der Waals surface area contributed by atoms with Crippen LogP contribution in [0.3, 0.4) is 0 Å². The first kappa shape index (κ1) is 22.9. The van der Waals surface area contributed by atoms with E-state index in [1.165, 1.54) is 6.08 Å². The smallest absolute Gasteiger partial charge is 0.247 e. The van der Waals surface area contributed by atoms with Gasteiger partial charge in [0.25, 0.3) is 0 Å². The molecule has 1 unspecified atom stereocenters. The highest BCUT2D eigenvalue weighted by Crippen LogP contribution is 2.31. The fourth-order valence-corrected chi connectivity index (χ4v) is 3.95. The predicted molar refractivity (Wildman–Crippen MR) is 127 cm³/mol. The number of hydrogen-bond acceptors (Lipinski definition) is 5. The largest absolute Gasteiger partial charge is 0.486 e. The first-order valence-corrected chi connectivity index (χ1v) is 11.3. The number of amides is 2. The van der Waals surface area contributed by atoms with Crippen LogP contribution in [0.15, 0.2) is 42.5 Å². The summed E-state index contributed by atoms with van der Waals surface area (Å²) in [5.41, 5.74) is 3.70. The minimum Gasteiger partial charge on any atom is -0.486 e. The van der Waals surface area contributed by atoms with Crippen LogP contribution in [0.5, 0.6) is 11.5 Å². The van der Waals surface area contributed by atoms with Crippen LogP contribution in [-0.2, 0) is 14.3 Å². The van der Waals surface area contributed by atoms with Crippen molar-refractivity contribution in [3.63, 3.8) is 0 Å². The number of nitrogens with zero attached hydrogens (tertiary/aromatic N) is 1. The van der Waals surface area contributed by atoms with Gasteiger partial charge in [0.05, 0.1) is 6.10 Å². The fraction of sp³-hybridized carbons (Fsp3) is 0.385. The molecule has 1 N–H and O–H groups in total. The Bertz CT molecular complexity index is 1040. The Hall–Kier alpha value is -3.32. The number of fused-ring (bicyclic) bond motifs is 1. The molecule has 0 saturated carbocycles. The van der Waals surface area contributed by atoms with E-state index in [0.717, 1.165) is 35.2 Å². The van der Waals surface area contributed by atoms with Crippen LogP contribution < -0.4 is 14.8 Å². The maximum Gasteiger partial charge on any atom is 0.247 e. The molecule has 7 heteroatoms. The summed E-state index contributed by atoms with van der Waals surface area (Å²) in [5.74, 6) is 0.895. The van der Waals surface area contributed by atoms with Crippen molar-refractivity contribution < 1.29 is 23.8 Å². The second-order valence-electron chi connectivity index (χ2n) is 8.39. The lowest BCUT2D eigenvalue weighted by molar-refractivity contribution is -0.131. The number of carbonyl (C=O) groups is 2. The Morgan fingerprint density at radius 2 is 1.91 bits per heavy atom. The van der Waals surface area contributed by atoms with E-state index in [-0.39, 0.29) is 24.5 Å². The summed E-state index contributed by atoms with van der Waals surface area (Å²) in [5, 5.41) is 2.94. The number of hydrogen-bond donors (Lipinski definition) is 1. The van der Waals surface area contributed by atoms with Gasteiger partial charge in [0, 0.05) is 24.9 Å². The highest BCUT2D eigenvalue weighted by atomic mass is 16.6. The molecule has 2 amide bonds. The number of carbonyl (C=O) groups excluding carboxylic acids is 2. The third-order valence-corrected chi connectivity index (χ3v) is 5.96. The molecule has 2 aliphatic heterocycles. The van der Waals surface area contributed by atoms with Gasteiger partial charge in [0.1, 0.15) is 19.8 Å². The molecule has 33 heavy (non-hydrogen) atoms. The normalized spacial score (nSPS) is 17.2. The molecule has 2 heterocycles. The van der Waals surface area contributed by atoms with Crippen molar-refractivity contribution in [2.75, 3.05) is 38.2 Å². The molecule has 0 bridgehead atoms. The summed E-state index contributed by atoms with van der Waals surface area (Å²) in [6, 6.07) is 11.3. The zero-order valence-electron chi connectivity index (χ0n) is 19.1. The van der Waals surface area contributed by atoms with Crippen LogP contribution in [0.1, 0.15) is 29.5 Å².